The number of hydrogen-bond donors (Lipinski definition) is 1. The molecule has 1 N–H and O–H groups in total. The zero-order valence-corrected chi connectivity index (χ0v) is 9.61. The Balaban J connectivity index is 1.93. The standard InChI is InChI=1S/C12H18N2O2/c1-2-14-11(15)8-10(12(14)16)13-9-6-4-3-5-7-9/h3-4,9-10,13H,2,5-8H2,1H3. The van der Waals surface area contributed by atoms with E-state index >= 15 is 0 Å². The highest BCUT2D eigenvalue weighted by molar-refractivity contribution is 6.05. The minimum atomic E-state index is -0.288. The minimum absolute atomic E-state index is 0.0450. The van der Waals surface area contributed by atoms with Crippen LogP contribution in [0.25, 0.3) is 0 Å². The lowest BCUT2D eigenvalue weighted by Crippen LogP contribution is -2.44. The topological polar surface area (TPSA) is 49.4 Å². The number of likely N-dealkylation sites (N-methyl/N-ethyl adjacent to an activating group) is 1. The first-order valence-corrected chi connectivity index (χ1v) is 5.97. The summed E-state index contributed by atoms with van der Waals surface area (Å²) >= 11 is 0. The molecular formula is C12H18N2O2. The zero-order valence-electron chi connectivity index (χ0n) is 9.61. The van der Waals surface area contributed by atoms with E-state index in [0.717, 1.165) is 19.3 Å². The summed E-state index contributed by atoms with van der Waals surface area (Å²) in [5, 5.41) is 3.30. The largest absolute Gasteiger partial charge is 0.302 e. The SMILES string of the molecule is CCN1C(=O)CC(NC2CC=CCC2)C1=O. The maximum Gasteiger partial charge on any atom is 0.246 e. The summed E-state index contributed by atoms with van der Waals surface area (Å²) in [7, 11) is 0. The second-order valence-electron chi connectivity index (χ2n) is 4.38. The van der Waals surface area contributed by atoms with Gasteiger partial charge in [-0.15, -0.1) is 0 Å². The maximum absolute atomic E-state index is 11.8. The average molecular weight is 222 g/mol. The van der Waals surface area contributed by atoms with Gasteiger partial charge in [-0.1, -0.05) is 12.2 Å². The molecule has 0 aromatic rings. The highest BCUT2D eigenvalue weighted by atomic mass is 16.2. The van der Waals surface area contributed by atoms with Crippen LogP contribution >= 0.6 is 0 Å². The smallest absolute Gasteiger partial charge is 0.246 e. The fourth-order valence-electron chi connectivity index (χ4n) is 2.38. The van der Waals surface area contributed by atoms with Crippen LogP contribution in [0, 0.1) is 0 Å². The third-order valence-corrected chi connectivity index (χ3v) is 3.27. The molecule has 1 aliphatic heterocycles. The van der Waals surface area contributed by atoms with E-state index in [9.17, 15) is 9.59 Å². The monoisotopic (exact) mass is 222 g/mol. The van der Waals surface area contributed by atoms with E-state index in [1.165, 1.54) is 4.90 Å². The lowest BCUT2D eigenvalue weighted by Gasteiger charge is -2.22. The van der Waals surface area contributed by atoms with Crippen LogP contribution in [-0.4, -0.2) is 35.3 Å². The van der Waals surface area contributed by atoms with Crippen molar-refractivity contribution in [3.8, 4) is 0 Å². The van der Waals surface area contributed by atoms with Crippen LogP contribution in [-0.2, 0) is 9.59 Å². The van der Waals surface area contributed by atoms with Crippen molar-refractivity contribution in [3.63, 3.8) is 0 Å². The molecule has 0 aromatic carbocycles. The molecule has 0 spiro atoms. The summed E-state index contributed by atoms with van der Waals surface area (Å²) < 4.78 is 0. The van der Waals surface area contributed by atoms with E-state index < -0.39 is 0 Å². The van der Waals surface area contributed by atoms with Crippen molar-refractivity contribution in [1.82, 2.24) is 10.2 Å². The summed E-state index contributed by atoms with van der Waals surface area (Å²) in [5.41, 5.74) is 0. The Morgan fingerprint density at radius 1 is 1.44 bits per heavy atom. The second-order valence-corrected chi connectivity index (χ2v) is 4.38. The van der Waals surface area contributed by atoms with Gasteiger partial charge in [0.2, 0.25) is 11.8 Å². The maximum atomic E-state index is 11.8. The van der Waals surface area contributed by atoms with E-state index in [2.05, 4.69) is 17.5 Å². The van der Waals surface area contributed by atoms with E-state index in [4.69, 9.17) is 0 Å². The van der Waals surface area contributed by atoms with Gasteiger partial charge in [0.1, 0.15) is 0 Å². The van der Waals surface area contributed by atoms with Gasteiger partial charge < -0.3 is 5.32 Å². The van der Waals surface area contributed by atoms with E-state index in [-0.39, 0.29) is 17.9 Å². The summed E-state index contributed by atoms with van der Waals surface area (Å²) in [6.07, 6.45) is 7.71. The summed E-state index contributed by atoms with van der Waals surface area (Å²) in [5.74, 6) is -0.0987. The average Bonchev–Trinajstić information content (AvgIpc) is 2.55. The van der Waals surface area contributed by atoms with Crippen molar-refractivity contribution in [2.24, 2.45) is 0 Å². The second kappa shape index (κ2) is 4.78. The number of carbonyl (C=O) groups excluding carboxylic acids is 2. The van der Waals surface area contributed by atoms with E-state index in [0.29, 0.717) is 19.0 Å². The van der Waals surface area contributed by atoms with Gasteiger partial charge in [0.15, 0.2) is 0 Å². The number of carbonyl (C=O) groups is 2. The summed E-state index contributed by atoms with van der Waals surface area (Å²) in [4.78, 5) is 24.7. The van der Waals surface area contributed by atoms with Crippen molar-refractivity contribution in [1.29, 1.82) is 0 Å². The fraction of sp³-hybridized carbons (Fsp3) is 0.667. The van der Waals surface area contributed by atoms with Crippen LogP contribution in [0.4, 0.5) is 0 Å². The van der Waals surface area contributed by atoms with Gasteiger partial charge in [-0.05, 0) is 26.2 Å². The predicted octanol–water partition coefficient (Wildman–Crippen LogP) is 0.832. The van der Waals surface area contributed by atoms with Gasteiger partial charge in [0.25, 0.3) is 0 Å². The third-order valence-electron chi connectivity index (χ3n) is 3.27. The van der Waals surface area contributed by atoms with Gasteiger partial charge in [-0.2, -0.15) is 0 Å². The molecule has 1 aliphatic carbocycles. The van der Waals surface area contributed by atoms with Crippen molar-refractivity contribution < 1.29 is 9.59 Å². The number of nitrogens with one attached hydrogen (secondary N) is 1. The van der Waals surface area contributed by atoms with Gasteiger partial charge in [-0.3, -0.25) is 14.5 Å². The number of imide groups is 1. The molecule has 4 heteroatoms. The van der Waals surface area contributed by atoms with Crippen LogP contribution in [0.3, 0.4) is 0 Å². The molecule has 0 saturated carbocycles. The quantitative estimate of drug-likeness (QED) is 0.568. The van der Waals surface area contributed by atoms with Gasteiger partial charge in [0.05, 0.1) is 12.5 Å². The minimum Gasteiger partial charge on any atom is -0.302 e. The molecule has 2 atom stereocenters. The fourth-order valence-corrected chi connectivity index (χ4v) is 2.38. The number of allylic oxidation sites excluding steroid dienone is 1. The molecule has 2 unspecified atom stereocenters. The number of amides is 2. The highest BCUT2D eigenvalue weighted by Gasteiger charge is 2.38. The van der Waals surface area contributed by atoms with Crippen LogP contribution in [0.5, 0.6) is 0 Å². The number of hydrogen-bond acceptors (Lipinski definition) is 3. The van der Waals surface area contributed by atoms with E-state index in [1.54, 1.807) is 0 Å². The molecule has 2 amide bonds. The van der Waals surface area contributed by atoms with Gasteiger partial charge in [-0.25, -0.2) is 0 Å². The first kappa shape index (κ1) is 11.3. The first-order valence-electron chi connectivity index (χ1n) is 5.97. The molecule has 1 heterocycles. The van der Waals surface area contributed by atoms with Crippen LogP contribution in [0.15, 0.2) is 12.2 Å². The van der Waals surface area contributed by atoms with Crippen molar-refractivity contribution in [2.45, 2.75) is 44.7 Å². The molecule has 0 bridgehead atoms. The molecule has 4 nitrogen and oxygen atoms in total. The molecule has 16 heavy (non-hydrogen) atoms. The van der Waals surface area contributed by atoms with Crippen molar-refractivity contribution >= 4 is 11.8 Å². The molecule has 88 valence electrons. The number of nitrogens with zero attached hydrogens (tertiary/aromatic N) is 1. The number of rotatable bonds is 3. The molecule has 1 saturated heterocycles. The number of likely N-dealkylation sites (tertiary alicyclic amines) is 1. The highest BCUT2D eigenvalue weighted by Crippen LogP contribution is 2.17. The lowest BCUT2D eigenvalue weighted by atomic mass is 10.0. The van der Waals surface area contributed by atoms with Crippen LogP contribution in [0.1, 0.15) is 32.6 Å². The lowest BCUT2D eigenvalue weighted by molar-refractivity contribution is -0.138. The molecule has 0 radical (unpaired) electrons. The molecule has 2 rings (SSSR count). The molecule has 1 fully saturated rings. The molecular weight excluding hydrogens is 204 g/mol. The summed E-state index contributed by atoms with van der Waals surface area (Å²) in [6.45, 7) is 2.32. The summed E-state index contributed by atoms with van der Waals surface area (Å²) in [6, 6.07) is 0.0625. The van der Waals surface area contributed by atoms with Gasteiger partial charge in [0, 0.05) is 12.6 Å². The van der Waals surface area contributed by atoms with Crippen LogP contribution < -0.4 is 5.32 Å². The zero-order chi connectivity index (χ0) is 11.5. The van der Waals surface area contributed by atoms with Gasteiger partial charge >= 0.3 is 0 Å². The normalized spacial score (nSPS) is 30.2. The third kappa shape index (κ3) is 2.16. The Bertz CT molecular complexity index is 325. The first-order chi connectivity index (χ1) is 7.72. The van der Waals surface area contributed by atoms with Crippen molar-refractivity contribution in [2.75, 3.05) is 6.54 Å². The Hall–Kier alpha value is -1.16. The van der Waals surface area contributed by atoms with Crippen LogP contribution in [0.2, 0.25) is 0 Å². The Labute approximate surface area is 95.7 Å². The van der Waals surface area contributed by atoms with E-state index in [1.807, 2.05) is 6.92 Å². The predicted molar refractivity (Wildman–Crippen MR) is 60.7 cm³/mol. The Morgan fingerprint density at radius 2 is 2.25 bits per heavy atom. The Morgan fingerprint density at radius 3 is 2.81 bits per heavy atom. The molecule has 0 aromatic heterocycles. The molecule has 2 aliphatic rings. The Kier molecular flexibility index (Phi) is 3.39. The van der Waals surface area contributed by atoms with Crippen molar-refractivity contribution in [3.05, 3.63) is 12.2 Å².